The molecule has 0 saturated carbocycles. The van der Waals surface area contributed by atoms with Crippen LogP contribution in [0.1, 0.15) is 29.2 Å². The van der Waals surface area contributed by atoms with Gasteiger partial charge in [-0.2, -0.15) is 8.78 Å². The molecule has 0 bridgehead atoms. The fraction of sp³-hybridized carbons (Fsp3) is 0.318. The summed E-state index contributed by atoms with van der Waals surface area (Å²) in [5, 5.41) is 16.1. The van der Waals surface area contributed by atoms with Crippen molar-refractivity contribution in [1.29, 1.82) is 0 Å². The molecule has 4 N–H and O–H groups in total. The smallest absolute Gasteiger partial charge is 0.387 e. The van der Waals surface area contributed by atoms with E-state index in [1.165, 1.54) is 13.2 Å². The molecule has 194 valence electrons. The third-order valence-corrected chi connectivity index (χ3v) is 5.55. The summed E-state index contributed by atoms with van der Waals surface area (Å²) in [7, 11) is 1.19. The standard InChI is InChI=1S/C22H21ClF4N4O5/c1-35-30-19(28)14-8-15(24)11(6-16(14)25)9-29-20(33)17-2-3-31(17)21(34)18(32)10-4-12(23)7-13(5-10)36-22(26)27/h4-8,17-18,22,32H,2-3,9H2,1H3,(H2,28,30)(H,29,33)/t17-,18+/m0/s1. The van der Waals surface area contributed by atoms with Gasteiger partial charge in [0.1, 0.15) is 30.5 Å². The number of oxime groups is 1. The number of likely N-dealkylation sites (tertiary alicyclic amines) is 1. The van der Waals surface area contributed by atoms with Crippen molar-refractivity contribution in [2.24, 2.45) is 10.9 Å². The Balaban J connectivity index is 1.65. The van der Waals surface area contributed by atoms with E-state index < -0.39 is 48.8 Å². The van der Waals surface area contributed by atoms with Gasteiger partial charge < -0.3 is 30.6 Å². The van der Waals surface area contributed by atoms with Gasteiger partial charge in [0.2, 0.25) is 5.91 Å². The zero-order valence-electron chi connectivity index (χ0n) is 18.7. The minimum Gasteiger partial charge on any atom is -0.435 e. The van der Waals surface area contributed by atoms with Crippen LogP contribution in [0.5, 0.6) is 5.75 Å². The van der Waals surface area contributed by atoms with Crippen LogP contribution in [0, 0.1) is 11.6 Å². The van der Waals surface area contributed by atoms with Gasteiger partial charge in [-0.1, -0.05) is 16.8 Å². The van der Waals surface area contributed by atoms with Crippen molar-refractivity contribution < 1.29 is 41.8 Å². The zero-order chi connectivity index (χ0) is 26.6. The van der Waals surface area contributed by atoms with Crippen molar-refractivity contribution >= 4 is 29.3 Å². The molecule has 1 fully saturated rings. The van der Waals surface area contributed by atoms with Crippen LogP contribution in [0.3, 0.4) is 0 Å². The number of nitrogens with zero attached hydrogens (tertiary/aromatic N) is 2. The number of amides is 2. The first kappa shape index (κ1) is 27.0. The van der Waals surface area contributed by atoms with E-state index in [0.29, 0.717) is 0 Å². The molecule has 0 unspecified atom stereocenters. The van der Waals surface area contributed by atoms with E-state index in [0.717, 1.165) is 29.2 Å². The molecule has 1 aliphatic rings. The maximum atomic E-state index is 14.4. The number of carbonyl (C=O) groups excluding carboxylic acids is 2. The average Bonchev–Trinajstić information content (AvgIpc) is 2.77. The monoisotopic (exact) mass is 532 g/mol. The Morgan fingerprint density at radius 2 is 1.97 bits per heavy atom. The van der Waals surface area contributed by atoms with Crippen LogP contribution < -0.4 is 15.8 Å². The van der Waals surface area contributed by atoms with E-state index in [9.17, 15) is 32.3 Å². The molecule has 0 aromatic heterocycles. The predicted molar refractivity (Wildman–Crippen MR) is 119 cm³/mol. The second-order valence-electron chi connectivity index (χ2n) is 7.64. The molecule has 2 amide bonds. The van der Waals surface area contributed by atoms with Gasteiger partial charge in [-0.15, -0.1) is 0 Å². The highest BCUT2D eigenvalue weighted by molar-refractivity contribution is 6.30. The quantitative estimate of drug-likeness (QED) is 0.197. The number of aliphatic hydroxyl groups excluding tert-OH is 1. The van der Waals surface area contributed by atoms with Crippen LogP contribution >= 0.6 is 11.6 Å². The lowest BCUT2D eigenvalue weighted by Crippen LogP contribution is -2.59. The summed E-state index contributed by atoms with van der Waals surface area (Å²) in [4.78, 5) is 30.8. The molecule has 9 nitrogen and oxygen atoms in total. The summed E-state index contributed by atoms with van der Waals surface area (Å²) in [5.74, 6) is -4.02. The van der Waals surface area contributed by atoms with Crippen LogP contribution in [0.25, 0.3) is 0 Å². The molecule has 2 aromatic carbocycles. The molecule has 1 saturated heterocycles. The SMILES string of the molecule is CON=C(N)c1cc(F)c(CNC(=O)[C@@H]2CCN2C(=O)[C@H](O)c2cc(Cl)cc(OC(F)F)c2)cc1F. The summed E-state index contributed by atoms with van der Waals surface area (Å²) < 4.78 is 57.9. The van der Waals surface area contributed by atoms with Gasteiger partial charge in [-0.25, -0.2) is 8.78 Å². The number of halogens is 5. The van der Waals surface area contributed by atoms with E-state index in [2.05, 4.69) is 20.0 Å². The highest BCUT2D eigenvalue weighted by Crippen LogP contribution is 2.29. The van der Waals surface area contributed by atoms with Gasteiger partial charge in [-0.3, -0.25) is 9.59 Å². The summed E-state index contributed by atoms with van der Waals surface area (Å²) in [6.07, 6.45) is -1.56. The number of hydrogen-bond acceptors (Lipinski definition) is 6. The molecule has 2 atom stereocenters. The maximum absolute atomic E-state index is 14.4. The van der Waals surface area contributed by atoms with Gasteiger partial charge in [0, 0.05) is 23.7 Å². The molecule has 36 heavy (non-hydrogen) atoms. The first-order valence-electron chi connectivity index (χ1n) is 10.4. The Bertz CT molecular complexity index is 1180. The minimum atomic E-state index is -3.14. The Morgan fingerprint density at radius 3 is 2.58 bits per heavy atom. The molecule has 1 heterocycles. The normalized spacial score (nSPS) is 16.4. The topological polar surface area (TPSA) is 126 Å². The van der Waals surface area contributed by atoms with Crippen LogP contribution in [0.4, 0.5) is 17.6 Å². The lowest BCUT2D eigenvalue weighted by molar-refractivity contribution is -0.154. The molecule has 1 aliphatic heterocycles. The predicted octanol–water partition coefficient (Wildman–Crippen LogP) is 2.44. The van der Waals surface area contributed by atoms with Crippen molar-refractivity contribution in [2.75, 3.05) is 13.7 Å². The van der Waals surface area contributed by atoms with E-state index >= 15 is 0 Å². The van der Waals surface area contributed by atoms with Gasteiger partial charge in [-0.05, 0) is 42.3 Å². The molecule has 0 radical (unpaired) electrons. The van der Waals surface area contributed by atoms with Crippen molar-refractivity contribution in [3.05, 3.63) is 63.7 Å². The third-order valence-electron chi connectivity index (χ3n) is 5.33. The largest absolute Gasteiger partial charge is 0.435 e. The number of ether oxygens (including phenoxy) is 1. The summed E-state index contributed by atoms with van der Waals surface area (Å²) in [6, 6.07) is 3.97. The number of carbonyl (C=O) groups is 2. The fourth-order valence-corrected chi connectivity index (χ4v) is 3.74. The number of amidine groups is 1. The Hall–Kier alpha value is -3.58. The molecular formula is C22H21ClF4N4O5. The maximum Gasteiger partial charge on any atom is 0.387 e. The third kappa shape index (κ3) is 6.15. The number of nitrogens with two attached hydrogens (primary N) is 1. The second kappa shape index (κ2) is 11.4. The first-order valence-corrected chi connectivity index (χ1v) is 10.8. The Labute approximate surface area is 207 Å². The van der Waals surface area contributed by atoms with Gasteiger partial charge in [0.05, 0.1) is 5.56 Å². The van der Waals surface area contributed by atoms with Crippen molar-refractivity contribution in [1.82, 2.24) is 10.2 Å². The summed E-state index contributed by atoms with van der Waals surface area (Å²) >= 11 is 5.85. The molecule has 2 aromatic rings. The van der Waals surface area contributed by atoms with Crippen molar-refractivity contribution in [3.63, 3.8) is 0 Å². The fourth-order valence-electron chi connectivity index (χ4n) is 3.50. The summed E-state index contributed by atoms with van der Waals surface area (Å²) in [6.45, 7) is -3.41. The van der Waals surface area contributed by atoms with Crippen LogP contribution in [-0.2, 0) is 21.0 Å². The summed E-state index contributed by atoms with van der Waals surface area (Å²) in [5.41, 5.74) is 4.89. The minimum absolute atomic E-state index is 0.0524. The van der Waals surface area contributed by atoms with E-state index in [1.807, 2.05) is 0 Å². The van der Waals surface area contributed by atoms with Crippen molar-refractivity contribution in [3.8, 4) is 5.75 Å². The molecule has 0 spiro atoms. The average molecular weight is 533 g/mol. The zero-order valence-corrected chi connectivity index (χ0v) is 19.4. The number of alkyl halides is 2. The first-order chi connectivity index (χ1) is 17.0. The number of benzene rings is 2. The van der Waals surface area contributed by atoms with Gasteiger partial charge in [0.15, 0.2) is 11.9 Å². The van der Waals surface area contributed by atoms with Crippen molar-refractivity contribution in [2.45, 2.75) is 31.7 Å². The molecule has 14 heteroatoms. The molecular weight excluding hydrogens is 512 g/mol. The van der Waals surface area contributed by atoms with E-state index in [1.54, 1.807) is 0 Å². The number of hydrogen-bond donors (Lipinski definition) is 3. The van der Waals surface area contributed by atoms with E-state index in [4.69, 9.17) is 17.3 Å². The Kier molecular flexibility index (Phi) is 8.58. The lowest BCUT2D eigenvalue weighted by atomic mass is 9.98. The molecule has 0 aliphatic carbocycles. The highest BCUT2D eigenvalue weighted by Gasteiger charge is 2.40. The second-order valence-corrected chi connectivity index (χ2v) is 8.07. The number of aliphatic hydroxyl groups is 1. The lowest BCUT2D eigenvalue weighted by Gasteiger charge is -2.40. The van der Waals surface area contributed by atoms with Gasteiger partial charge >= 0.3 is 6.61 Å². The number of nitrogens with one attached hydrogen (secondary N) is 1. The highest BCUT2D eigenvalue weighted by atomic mass is 35.5. The molecule has 3 rings (SSSR count). The van der Waals surface area contributed by atoms with Crippen LogP contribution in [-0.4, -0.2) is 54.0 Å². The van der Waals surface area contributed by atoms with E-state index in [-0.39, 0.29) is 46.3 Å². The Morgan fingerprint density at radius 1 is 1.25 bits per heavy atom. The van der Waals surface area contributed by atoms with Gasteiger partial charge in [0.25, 0.3) is 5.91 Å². The van der Waals surface area contributed by atoms with Crippen LogP contribution in [0.2, 0.25) is 5.02 Å². The van der Waals surface area contributed by atoms with Crippen LogP contribution in [0.15, 0.2) is 35.5 Å². The number of rotatable bonds is 9.